The van der Waals surface area contributed by atoms with Crippen molar-refractivity contribution in [1.29, 1.82) is 0 Å². The average Bonchev–Trinajstić information content (AvgIpc) is 4.03. The summed E-state index contributed by atoms with van der Waals surface area (Å²) in [5.41, 5.74) is 21.1. The van der Waals surface area contributed by atoms with Gasteiger partial charge in [0.05, 0.1) is 43.2 Å². The molecule has 9 aromatic carbocycles. The lowest BCUT2D eigenvalue weighted by molar-refractivity contribution is 0.632. The number of para-hydroxylation sites is 4. The fourth-order valence-corrected chi connectivity index (χ4v) is 12.6. The molecule has 0 radical (unpaired) electrons. The van der Waals surface area contributed by atoms with Gasteiger partial charge in [0, 0.05) is 33.3 Å². The molecule has 6 heteroatoms. The molecule has 68 heavy (non-hydrogen) atoms. The summed E-state index contributed by atoms with van der Waals surface area (Å²) in [7, 11) is 0. The summed E-state index contributed by atoms with van der Waals surface area (Å²) in [6.07, 6.45) is 0. The van der Waals surface area contributed by atoms with Gasteiger partial charge in [-0.15, -0.1) is 22.7 Å². The highest BCUT2D eigenvalue weighted by Crippen LogP contribution is 2.55. The number of anilines is 6. The smallest absolute Gasteiger partial charge is 0.124 e. The minimum atomic E-state index is -0.192. The molecule has 0 N–H and O–H groups in total. The van der Waals surface area contributed by atoms with E-state index in [0.29, 0.717) is 0 Å². The lowest BCUT2D eigenvalue weighted by Gasteiger charge is -2.42. The second-order valence-corrected chi connectivity index (χ2v) is 21.1. The highest BCUT2D eigenvalue weighted by molar-refractivity contribution is 7.22. The maximum absolute atomic E-state index is 5.02. The van der Waals surface area contributed by atoms with Crippen molar-refractivity contribution in [1.82, 2.24) is 9.97 Å². The van der Waals surface area contributed by atoms with Gasteiger partial charge in [-0.3, -0.25) is 0 Å². The number of aromatic nitrogens is 2. The van der Waals surface area contributed by atoms with E-state index in [1.54, 1.807) is 22.7 Å². The second kappa shape index (κ2) is 15.5. The molecule has 2 aromatic heterocycles. The van der Waals surface area contributed by atoms with Gasteiger partial charge in [0.15, 0.2) is 0 Å². The Labute approximate surface area is 405 Å². The highest BCUT2D eigenvalue weighted by Gasteiger charge is 2.39. The maximum atomic E-state index is 5.02. The van der Waals surface area contributed by atoms with Crippen LogP contribution >= 0.6 is 22.7 Å². The zero-order chi connectivity index (χ0) is 45.7. The third-order valence-corrected chi connectivity index (χ3v) is 16.5. The van der Waals surface area contributed by atoms with E-state index in [-0.39, 0.29) is 10.8 Å². The molecule has 13 rings (SSSR count). The molecule has 4 nitrogen and oxygen atoms in total. The first-order valence-electron chi connectivity index (χ1n) is 23.3. The molecule has 2 aliphatic rings. The zero-order valence-electron chi connectivity index (χ0n) is 38.2. The van der Waals surface area contributed by atoms with Crippen LogP contribution in [0.1, 0.15) is 49.9 Å². The second-order valence-electron chi connectivity index (χ2n) is 19.1. The minimum Gasteiger partial charge on any atom is -0.310 e. The summed E-state index contributed by atoms with van der Waals surface area (Å²) in [4.78, 5) is 14.9. The van der Waals surface area contributed by atoms with Crippen LogP contribution < -0.4 is 9.80 Å². The Morgan fingerprint density at radius 3 is 1.04 bits per heavy atom. The largest absolute Gasteiger partial charge is 0.310 e. The molecule has 0 unspecified atom stereocenters. The van der Waals surface area contributed by atoms with Crippen LogP contribution in [0.2, 0.25) is 0 Å². The lowest BCUT2D eigenvalue weighted by atomic mass is 9.73. The van der Waals surface area contributed by atoms with E-state index in [1.165, 1.54) is 76.7 Å². The molecule has 0 atom stereocenters. The van der Waals surface area contributed by atoms with E-state index in [2.05, 4.69) is 244 Å². The van der Waals surface area contributed by atoms with Gasteiger partial charge in [0.2, 0.25) is 0 Å². The number of thiazole rings is 2. The molecule has 4 heterocycles. The lowest BCUT2D eigenvalue weighted by Crippen LogP contribution is -2.30. The Balaban J connectivity index is 0.786. The summed E-state index contributed by atoms with van der Waals surface area (Å²) in [5, 5.41) is 2.11. The number of fused-ring (bicyclic) bond motifs is 6. The molecule has 0 saturated carbocycles. The van der Waals surface area contributed by atoms with Crippen LogP contribution in [-0.4, -0.2) is 9.97 Å². The first-order valence-corrected chi connectivity index (χ1v) is 24.9. The molecule has 2 aliphatic heterocycles. The maximum Gasteiger partial charge on any atom is 0.124 e. The third kappa shape index (κ3) is 6.46. The van der Waals surface area contributed by atoms with E-state index in [9.17, 15) is 0 Å². The molecule has 0 saturated heterocycles. The SMILES string of the molecule is CC1(C)c2ccccc2N(c2ccc(-c3ccc(-c4ccc(N5c6ccccc6C(C)(C)c6cc(-c7nc8ccccc8s7)ccc65)cc4)cc3)cc2)c2ccc(-c3nc4ccccc4s3)cc21. The molecule has 0 amide bonds. The average molecular weight is 911 g/mol. The molecule has 326 valence electrons. The topological polar surface area (TPSA) is 32.3 Å². The van der Waals surface area contributed by atoms with Crippen LogP contribution in [0.3, 0.4) is 0 Å². The number of nitrogens with zero attached hydrogens (tertiary/aromatic N) is 4. The zero-order valence-corrected chi connectivity index (χ0v) is 39.9. The van der Waals surface area contributed by atoms with Crippen LogP contribution in [0.4, 0.5) is 34.1 Å². The Hall–Kier alpha value is -7.64. The van der Waals surface area contributed by atoms with Gasteiger partial charge in [0.25, 0.3) is 0 Å². The molecular formula is C62H46N4S2. The fourth-order valence-electron chi connectivity index (χ4n) is 10.7. The molecule has 0 spiro atoms. The van der Waals surface area contributed by atoms with E-state index >= 15 is 0 Å². The van der Waals surface area contributed by atoms with Crippen molar-refractivity contribution in [2.24, 2.45) is 0 Å². The summed E-state index contributed by atoms with van der Waals surface area (Å²) < 4.78 is 2.42. The Bertz CT molecular complexity index is 3430. The summed E-state index contributed by atoms with van der Waals surface area (Å²) in [6, 6.07) is 75.4. The predicted octanol–water partition coefficient (Wildman–Crippen LogP) is 17.8. The van der Waals surface area contributed by atoms with Crippen LogP contribution in [0, 0.1) is 0 Å². The number of rotatable bonds is 6. The Morgan fingerprint density at radius 1 is 0.324 bits per heavy atom. The number of benzene rings is 9. The van der Waals surface area contributed by atoms with Crippen LogP contribution in [0.15, 0.2) is 206 Å². The molecule has 11 aromatic rings. The van der Waals surface area contributed by atoms with Crippen molar-refractivity contribution < 1.29 is 0 Å². The van der Waals surface area contributed by atoms with Gasteiger partial charge in [-0.1, -0.05) is 137 Å². The first-order chi connectivity index (χ1) is 33.2. The first kappa shape index (κ1) is 40.6. The Morgan fingerprint density at radius 2 is 0.647 bits per heavy atom. The quantitative estimate of drug-likeness (QED) is 0.166. The van der Waals surface area contributed by atoms with Gasteiger partial charge in [-0.05, 0) is 142 Å². The summed E-state index contributed by atoms with van der Waals surface area (Å²) in [6.45, 7) is 9.39. The fraction of sp³-hybridized carbons (Fsp3) is 0.0968. The van der Waals surface area contributed by atoms with Crippen LogP contribution in [-0.2, 0) is 10.8 Å². The number of hydrogen-bond acceptors (Lipinski definition) is 6. The van der Waals surface area contributed by atoms with E-state index < -0.39 is 0 Å². The highest BCUT2D eigenvalue weighted by atomic mass is 32.1. The molecule has 0 bridgehead atoms. The monoisotopic (exact) mass is 910 g/mol. The van der Waals surface area contributed by atoms with Gasteiger partial charge in [-0.2, -0.15) is 0 Å². The summed E-state index contributed by atoms with van der Waals surface area (Å²) >= 11 is 3.51. The normalized spacial score (nSPS) is 14.4. The Kier molecular flexibility index (Phi) is 9.23. The van der Waals surface area contributed by atoms with E-state index in [0.717, 1.165) is 43.6 Å². The van der Waals surface area contributed by atoms with Crippen LogP contribution in [0.5, 0.6) is 0 Å². The van der Waals surface area contributed by atoms with Crippen LogP contribution in [0.25, 0.3) is 63.8 Å². The molecule has 0 aliphatic carbocycles. The van der Waals surface area contributed by atoms with Crippen molar-refractivity contribution in [2.75, 3.05) is 9.80 Å². The van der Waals surface area contributed by atoms with Crippen molar-refractivity contribution in [2.45, 2.75) is 38.5 Å². The van der Waals surface area contributed by atoms with Gasteiger partial charge in [0.1, 0.15) is 10.0 Å². The standard InChI is InChI=1S/C62H46N4S2/c1-61(2)47-13-5-9-17-53(47)65(55-35-29-43(37-49(55)61)59-63-51-15-7-11-19-57(51)67-59)45-31-25-41(26-32-45)39-21-23-40(24-22-39)42-27-33-46(34-28-42)66-54-18-10-6-14-48(54)62(3,4)50-38-44(30-36-56(50)66)60-64-52-16-8-12-20-58(52)68-60/h5-38H,1-4H3. The summed E-state index contributed by atoms with van der Waals surface area (Å²) in [5.74, 6) is 0. The third-order valence-electron chi connectivity index (χ3n) is 14.3. The minimum absolute atomic E-state index is 0.192. The van der Waals surface area contributed by atoms with Gasteiger partial charge in [-0.25, -0.2) is 9.97 Å². The van der Waals surface area contributed by atoms with E-state index in [1.807, 2.05) is 0 Å². The van der Waals surface area contributed by atoms with Crippen molar-refractivity contribution in [3.05, 3.63) is 229 Å². The van der Waals surface area contributed by atoms with Crippen molar-refractivity contribution >= 4 is 77.2 Å². The van der Waals surface area contributed by atoms with E-state index in [4.69, 9.17) is 9.97 Å². The number of hydrogen-bond donors (Lipinski definition) is 0. The molecular weight excluding hydrogens is 865 g/mol. The van der Waals surface area contributed by atoms with Gasteiger partial charge >= 0.3 is 0 Å². The van der Waals surface area contributed by atoms with Gasteiger partial charge < -0.3 is 9.80 Å². The van der Waals surface area contributed by atoms with Crippen molar-refractivity contribution in [3.63, 3.8) is 0 Å². The molecule has 0 fully saturated rings. The van der Waals surface area contributed by atoms with Crippen molar-refractivity contribution in [3.8, 4) is 43.4 Å². The predicted molar refractivity (Wildman–Crippen MR) is 288 cm³/mol.